The number of hydrogen-bond acceptors (Lipinski definition) is 7. The van der Waals surface area contributed by atoms with Gasteiger partial charge in [0.15, 0.2) is 5.82 Å². The highest BCUT2D eigenvalue weighted by Gasteiger charge is 2.37. The van der Waals surface area contributed by atoms with Crippen molar-refractivity contribution in [1.82, 2.24) is 34.7 Å². The van der Waals surface area contributed by atoms with Crippen LogP contribution >= 0.6 is 0 Å². The van der Waals surface area contributed by atoms with Gasteiger partial charge < -0.3 is 10.6 Å². The summed E-state index contributed by atoms with van der Waals surface area (Å²) >= 11 is 0. The number of amides is 2. The Bertz CT molecular complexity index is 1810. The number of hydrogen-bond donors (Lipinski definition) is 2. The molecule has 1 fully saturated rings. The van der Waals surface area contributed by atoms with E-state index in [1.165, 1.54) is 18.6 Å². The molecule has 11 nitrogen and oxygen atoms in total. The molecule has 0 atom stereocenters. The van der Waals surface area contributed by atoms with E-state index >= 15 is 0 Å². The van der Waals surface area contributed by atoms with Gasteiger partial charge in [-0.15, -0.1) is 4.80 Å². The molecule has 1 aliphatic carbocycles. The fourth-order valence-corrected chi connectivity index (χ4v) is 4.80. The van der Waals surface area contributed by atoms with Crippen LogP contribution in [0.4, 0.5) is 24.7 Å². The molecule has 0 saturated heterocycles. The largest absolute Gasteiger partial charge is 0.420 e. The number of benzene rings is 1. The third kappa shape index (κ3) is 3.71. The molecule has 0 spiro atoms. The van der Waals surface area contributed by atoms with Gasteiger partial charge in [0, 0.05) is 16.7 Å². The van der Waals surface area contributed by atoms with Crippen LogP contribution in [0.3, 0.4) is 0 Å². The van der Waals surface area contributed by atoms with Crippen molar-refractivity contribution in [3.05, 3.63) is 77.6 Å². The minimum Gasteiger partial charge on any atom is -0.320 e. The van der Waals surface area contributed by atoms with Crippen LogP contribution in [0.25, 0.3) is 22.3 Å². The molecule has 1 aromatic carbocycles. The van der Waals surface area contributed by atoms with Crippen LogP contribution in [0.15, 0.2) is 55.2 Å². The van der Waals surface area contributed by atoms with Crippen LogP contribution in [0.1, 0.15) is 50.7 Å². The summed E-state index contributed by atoms with van der Waals surface area (Å²) in [6.45, 7) is 0. The van der Waals surface area contributed by atoms with Crippen LogP contribution in [0, 0.1) is 0 Å². The summed E-state index contributed by atoms with van der Waals surface area (Å²) in [6.07, 6.45) is 3.44. The van der Waals surface area contributed by atoms with Crippen LogP contribution in [-0.2, 0) is 6.18 Å². The van der Waals surface area contributed by atoms with E-state index in [9.17, 15) is 22.8 Å². The number of nitrogens with zero attached hydrogens (tertiary/aromatic N) is 7. The highest BCUT2D eigenvalue weighted by atomic mass is 19.4. The second kappa shape index (κ2) is 8.18. The number of nitrogens with one attached hydrogen (secondary N) is 2. The molecule has 0 unspecified atom stereocenters. The quantitative estimate of drug-likeness (QED) is 0.349. The number of anilines is 2. The smallest absolute Gasteiger partial charge is 0.320 e. The number of rotatable bonds is 5. The molecule has 2 N–H and O–H groups in total. The Balaban J connectivity index is 1.27. The summed E-state index contributed by atoms with van der Waals surface area (Å²) in [7, 11) is 0. The summed E-state index contributed by atoms with van der Waals surface area (Å²) in [5, 5.41) is 18.6. The molecule has 2 amide bonds. The van der Waals surface area contributed by atoms with E-state index in [0.29, 0.717) is 28.1 Å². The lowest BCUT2D eigenvalue weighted by atomic mass is 10.1. The number of alkyl halides is 3. The summed E-state index contributed by atoms with van der Waals surface area (Å²) < 4.78 is 43.0. The SMILES string of the molecule is O=C(Nc1cnc(-n2nccn2)c(C(F)(F)F)c1)c1cnn(-c2cnc3c4c(cccc24)C(=O)N3)c1C1CC1. The first-order valence-electron chi connectivity index (χ1n) is 11.9. The van der Waals surface area contributed by atoms with Crippen molar-refractivity contribution in [1.29, 1.82) is 0 Å². The normalized spacial score (nSPS) is 14.6. The van der Waals surface area contributed by atoms with Gasteiger partial charge in [-0.25, -0.2) is 14.6 Å². The van der Waals surface area contributed by atoms with Crippen LogP contribution < -0.4 is 10.6 Å². The minimum atomic E-state index is -4.76. The lowest BCUT2D eigenvalue weighted by Gasteiger charge is -2.14. The molecule has 2 aliphatic rings. The standard InChI is InChI=1S/C25H16F3N9O2/c26-25(27,28)17-8-13(9-30-22(17)37-31-6-7-32-37)34-24(39)16-10-33-36(20(16)12-4-5-12)18-11-29-21-19-14(18)2-1-3-15(19)23(38)35-21/h1-3,6-12H,4-5H2,(H,34,39)(H,29,35,38). The topological polar surface area (TPSA) is 133 Å². The van der Waals surface area contributed by atoms with E-state index in [2.05, 4.69) is 35.9 Å². The molecule has 4 aromatic heterocycles. The van der Waals surface area contributed by atoms with Gasteiger partial charge in [-0.05, 0) is 25.0 Å². The average molecular weight is 531 g/mol. The Morgan fingerprint density at radius 1 is 1.05 bits per heavy atom. The van der Waals surface area contributed by atoms with Gasteiger partial charge in [-0.1, -0.05) is 12.1 Å². The van der Waals surface area contributed by atoms with Gasteiger partial charge in [-0.3, -0.25) is 9.59 Å². The third-order valence-corrected chi connectivity index (χ3v) is 6.65. The minimum absolute atomic E-state index is 0.0353. The Kier molecular flexibility index (Phi) is 4.83. The molecule has 7 rings (SSSR count). The van der Waals surface area contributed by atoms with Crippen LogP contribution in [0.2, 0.25) is 0 Å². The van der Waals surface area contributed by atoms with E-state index in [1.54, 1.807) is 23.0 Å². The van der Waals surface area contributed by atoms with Gasteiger partial charge in [0.25, 0.3) is 11.8 Å². The zero-order valence-corrected chi connectivity index (χ0v) is 19.8. The molecule has 39 heavy (non-hydrogen) atoms. The van der Waals surface area contributed by atoms with E-state index in [1.807, 2.05) is 6.07 Å². The van der Waals surface area contributed by atoms with Crippen LogP contribution in [0.5, 0.6) is 0 Å². The van der Waals surface area contributed by atoms with Crippen molar-refractivity contribution >= 4 is 34.1 Å². The zero-order valence-electron chi connectivity index (χ0n) is 19.8. The molecule has 1 aliphatic heterocycles. The number of carbonyl (C=O) groups excluding carboxylic acids is 2. The highest BCUT2D eigenvalue weighted by molar-refractivity contribution is 6.24. The molecular formula is C25H16F3N9O2. The molecule has 5 heterocycles. The predicted molar refractivity (Wildman–Crippen MR) is 131 cm³/mol. The number of halogens is 3. The fraction of sp³-hybridized carbons (Fsp3) is 0.160. The average Bonchev–Trinajstić information content (AvgIpc) is 3.29. The summed E-state index contributed by atoms with van der Waals surface area (Å²) in [5.41, 5.74) is 0.683. The second-order valence-corrected chi connectivity index (χ2v) is 9.17. The predicted octanol–water partition coefficient (Wildman–Crippen LogP) is 4.11. The van der Waals surface area contributed by atoms with E-state index in [0.717, 1.165) is 35.3 Å². The molecule has 1 saturated carbocycles. The lowest BCUT2D eigenvalue weighted by molar-refractivity contribution is -0.137. The lowest BCUT2D eigenvalue weighted by Crippen LogP contribution is -2.18. The number of aromatic nitrogens is 7. The van der Waals surface area contributed by atoms with Crippen molar-refractivity contribution in [2.24, 2.45) is 0 Å². The van der Waals surface area contributed by atoms with Gasteiger partial charge in [-0.2, -0.15) is 28.5 Å². The van der Waals surface area contributed by atoms with E-state index in [-0.39, 0.29) is 23.1 Å². The monoisotopic (exact) mass is 531 g/mol. The Morgan fingerprint density at radius 2 is 1.85 bits per heavy atom. The van der Waals surface area contributed by atoms with Crippen molar-refractivity contribution in [2.45, 2.75) is 24.9 Å². The molecule has 194 valence electrons. The Hall–Kier alpha value is -5.14. The first kappa shape index (κ1) is 23.0. The van der Waals surface area contributed by atoms with E-state index < -0.39 is 23.5 Å². The summed E-state index contributed by atoms with van der Waals surface area (Å²) in [4.78, 5) is 34.7. The summed E-state index contributed by atoms with van der Waals surface area (Å²) in [6, 6.07) is 6.11. The maximum atomic E-state index is 13.8. The van der Waals surface area contributed by atoms with Crippen molar-refractivity contribution in [3.63, 3.8) is 0 Å². The maximum Gasteiger partial charge on any atom is 0.420 e. The molecule has 0 radical (unpaired) electrons. The highest BCUT2D eigenvalue weighted by Crippen LogP contribution is 2.44. The second-order valence-electron chi connectivity index (χ2n) is 9.17. The fourth-order valence-electron chi connectivity index (χ4n) is 4.80. The molecule has 5 aromatic rings. The van der Waals surface area contributed by atoms with Gasteiger partial charge in [0.1, 0.15) is 11.4 Å². The Morgan fingerprint density at radius 3 is 2.59 bits per heavy atom. The maximum absolute atomic E-state index is 13.8. The summed E-state index contributed by atoms with van der Waals surface area (Å²) in [5.74, 6) is -0.894. The molecular weight excluding hydrogens is 515 g/mol. The first-order valence-corrected chi connectivity index (χ1v) is 11.9. The number of carbonyl (C=O) groups is 2. The third-order valence-electron chi connectivity index (χ3n) is 6.65. The van der Waals surface area contributed by atoms with Crippen molar-refractivity contribution < 1.29 is 22.8 Å². The van der Waals surface area contributed by atoms with Crippen molar-refractivity contribution in [2.75, 3.05) is 10.6 Å². The Labute approximate surface area is 216 Å². The number of pyridine rings is 2. The van der Waals surface area contributed by atoms with Gasteiger partial charge in [0.2, 0.25) is 0 Å². The molecule has 0 bridgehead atoms. The van der Waals surface area contributed by atoms with Crippen molar-refractivity contribution in [3.8, 4) is 11.5 Å². The van der Waals surface area contributed by atoms with Crippen LogP contribution in [-0.4, -0.2) is 46.6 Å². The van der Waals surface area contributed by atoms with Gasteiger partial charge in [0.05, 0.1) is 59.2 Å². The van der Waals surface area contributed by atoms with E-state index in [4.69, 9.17) is 0 Å². The molecule has 14 heteroatoms. The van der Waals surface area contributed by atoms with Gasteiger partial charge >= 0.3 is 6.18 Å². The zero-order chi connectivity index (χ0) is 26.9. The first-order chi connectivity index (χ1) is 18.8.